The molecule has 0 radical (unpaired) electrons. The van der Waals surface area contributed by atoms with Gasteiger partial charge in [0.2, 0.25) is 6.79 Å². The molecule has 1 aromatic heterocycles. The van der Waals surface area contributed by atoms with E-state index in [0.717, 1.165) is 17.0 Å². The largest absolute Gasteiger partial charge is 0.497 e. The van der Waals surface area contributed by atoms with E-state index in [1.54, 1.807) is 25.4 Å². The van der Waals surface area contributed by atoms with Crippen LogP contribution in [0.1, 0.15) is 22.3 Å². The number of carbonyl (C=O) groups excluding carboxylic acids is 1. The zero-order chi connectivity index (χ0) is 21.1. The Morgan fingerprint density at radius 2 is 2.00 bits per heavy atom. The number of fused-ring (bicyclic) bond motifs is 1. The predicted molar refractivity (Wildman–Crippen MR) is 114 cm³/mol. The second kappa shape index (κ2) is 8.27. The molecule has 7 nitrogen and oxygen atoms in total. The van der Waals surface area contributed by atoms with Crippen LogP contribution in [0.15, 0.2) is 48.0 Å². The Bertz CT molecular complexity index is 1180. The minimum Gasteiger partial charge on any atom is -0.497 e. The van der Waals surface area contributed by atoms with E-state index in [1.165, 1.54) is 18.3 Å². The molecule has 0 saturated carbocycles. The first-order valence-corrected chi connectivity index (χ1v) is 9.88. The van der Waals surface area contributed by atoms with Crippen LogP contribution < -0.4 is 19.5 Å². The van der Waals surface area contributed by atoms with E-state index in [2.05, 4.69) is 16.4 Å². The topological polar surface area (TPSA) is 93.5 Å². The lowest BCUT2D eigenvalue weighted by Gasteiger charge is -2.09. The third kappa shape index (κ3) is 3.83. The van der Waals surface area contributed by atoms with Crippen molar-refractivity contribution in [1.29, 1.82) is 5.26 Å². The van der Waals surface area contributed by atoms with Crippen LogP contribution in [0.3, 0.4) is 0 Å². The fourth-order valence-electron chi connectivity index (χ4n) is 2.94. The molecule has 3 aromatic rings. The Kier molecular flexibility index (Phi) is 5.37. The maximum atomic E-state index is 12.0. The molecule has 30 heavy (non-hydrogen) atoms. The van der Waals surface area contributed by atoms with Gasteiger partial charge in [0.15, 0.2) is 17.3 Å². The Morgan fingerprint density at radius 1 is 1.27 bits per heavy atom. The highest BCUT2D eigenvalue weighted by molar-refractivity contribution is 7.11. The molecule has 8 heteroatoms. The lowest BCUT2D eigenvalue weighted by molar-refractivity contribution is 0.101. The van der Waals surface area contributed by atoms with Crippen molar-refractivity contribution in [3.05, 3.63) is 58.5 Å². The number of rotatable bonds is 6. The summed E-state index contributed by atoms with van der Waals surface area (Å²) in [4.78, 5) is 16.6. The molecule has 1 N–H and O–H groups in total. The third-order valence-electron chi connectivity index (χ3n) is 4.50. The number of hydrogen-bond donors (Lipinski definition) is 1. The van der Waals surface area contributed by atoms with Crippen LogP contribution in [0.25, 0.3) is 16.8 Å². The van der Waals surface area contributed by atoms with E-state index in [0.29, 0.717) is 33.3 Å². The van der Waals surface area contributed by atoms with Crippen LogP contribution in [0.5, 0.6) is 17.2 Å². The highest BCUT2D eigenvalue weighted by Crippen LogP contribution is 2.37. The summed E-state index contributed by atoms with van der Waals surface area (Å²) in [6.45, 7) is 1.59. The Balaban J connectivity index is 1.60. The van der Waals surface area contributed by atoms with Gasteiger partial charge < -0.3 is 19.5 Å². The molecule has 0 aliphatic carbocycles. The van der Waals surface area contributed by atoms with Crippen molar-refractivity contribution in [3.63, 3.8) is 0 Å². The van der Waals surface area contributed by atoms with Gasteiger partial charge in [-0.2, -0.15) is 5.26 Å². The Morgan fingerprint density at radius 3 is 2.67 bits per heavy atom. The first-order valence-electron chi connectivity index (χ1n) is 9.00. The highest BCUT2D eigenvalue weighted by Gasteiger charge is 2.19. The van der Waals surface area contributed by atoms with Crippen LogP contribution in [0.2, 0.25) is 0 Å². The van der Waals surface area contributed by atoms with Gasteiger partial charge in [-0.05, 0) is 37.3 Å². The number of methoxy groups -OCH3 is 1. The molecule has 0 atom stereocenters. The van der Waals surface area contributed by atoms with Crippen molar-refractivity contribution in [2.45, 2.75) is 6.92 Å². The van der Waals surface area contributed by atoms with Crippen LogP contribution in [0.4, 0.5) is 5.69 Å². The maximum Gasteiger partial charge on any atom is 0.231 e. The van der Waals surface area contributed by atoms with Gasteiger partial charge >= 0.3 is 0 Å². The number of ether oxygens (including phenoxy) is 3. The summed E-state index contributed by atoms with van der Waals surface area (Å²) >= 11 is 1.37. The molecule has 0 saturated heterocycles. The molecule has 0 fully saturated rings. The molecule has 0 spiro atoms. The molecule has 0 amide bonds. The summed E-state index contributed by atoms with van der Waals surface area (Å²) in [6, 6.07) is 13.0. The van der Waals surface area contributed by atoms with Gasteiger partial charge in [0.05, 0.1) is 18.5 Å². The number of anilines is 1. The fourth-order valence-corrected chi connectivity index (χ4v) is 3.73. The van der Waals surface area contributed by atoms with Crippen LogP contribution >= 0.6 is 11.3 Å². The zero-order valence-electron chi connectivity index (χ0n) is 16.3. The van der Waals surface area contributed by atoms with Crippen LogP contribution in [-0.2, 0) is 0 Å². The van der Waals surface area contributed by atoms with Gasteiger partial charge in [0.1, 0.15) is 22.4 Å². The zero-order valence-corrected chi connectivity index (χ0v) is 17.1. The van der Waals surface area contributed by atoms with E-state index in [4.69, 9.17) is 14.2 Å². The summed E-state index contributed by atoms with van der Waals surface area (Å²) in [5, 5.41) is 15.1. The van der Waals surface area contributed by atoms with E-state index in [9.17, 15) is 10.1 Å². The number of allylic oxidation sites excluding steroid dienone is 1. The normalized spacial score (nSPS) is 12.4. The molecular weight excluding hydrogens is 402 g/mol. The Labute approximate surface area is 177 Å². The SMILES string of the molecule is COc1ccc(-c2csc(C(C#N)=CNc3cc4c(cc3C(C)=O)OCO4)n2)cc1. The first kappa shape index (κ1) is 19.5. The maximum absolute atomic E-state index is 12.0. The molecule has 1 aliphatic rings. The van der Waals surface area contributed by atoms with Gasteiger partial charge in [0.25, 0.3) is 0 Å². The Hall–Kier alpha value is -3.83. The average molecular weight is 419 g/mol. The number of hydrogen-bond acceptors (Lipinski definition) is 8. The summed E-state index contributed by atoms with van der Waals surface area (Å²) in [5.74, 6) is 1.71. The molecule has 2 heterocycles. The fraction of sp³-hybridized carbons (Fsp3) is 0.136. The highest BCUT2D eigenvalue weighted by atomic mass is 32.1. The first-order chi connectivity index (χ1) is 14.6. The van der Waals surface area contributed by atoms with Crippen molar-refractivity contribution in [1.82, 2.24) is 4.98 Å². The van der Waals surface area contributed by atoms with Crippen molar-refractivity contribution in [2.75, 3.05) is 19.2 Å². The summed E-state index contributed by atoms with van der Waals surface area (Å²) in [7, 11) is 1.62. The summed E-state index contributed by atoms with van der Waals surface area (Å²) in [5.41, 5.74) is 3.04. The minimum atomic E-state index is -0.126. The summed E-state index contributed by atoms with van der Waals surface area (Å²) in [6.07, 6.45) is 1.54. The molecule has 1 aliphatic heterocycles. The van der Waals surface area contributed by atoms with E-state index >= 15 is 0 Å². The van der Waals surface area contributed by atoms with Crippen molar-refractivity contribution in [3.8, 4) is 34.6 Å². The molecular formula is C22H17N3O4S. The number of nitrogens with zero attached hydrogens (tertiary/aromatic N) is 2. The smallest absolute Gasteiger partial charge is 0.231 e. The molecule has 0 unspecified atom stereocenters. The molecule has 2 aromatic carbocycles. The quantitative estimate of drug-likeness (QED) is 0.456. The number of nitrogens with one attached hydrogen (secondary N) is 1. The number of aromatic nitrogens is 1. The lowest BCUT2D eigenvalue weighted by atomic mass is 10.1. The second-order valence-electron chi connectivity index (χ2n) is 6.39. The predicted octanol–water partition coefficient (Wildman–Crippen LogP) is 4.73. The van der Waals surface area contributed by atoms with E-state index < -0.39 is 0 Å². The molecule has 0 bridgehead atoms. The molecule has 150 valence electrons. The summed E-state index contributed by atoms with van der Waals surface area (Å²) < 4.78 is 15.9. The average Bonchev–Trinajstić information content (AvgIpc) is 3.43. The van der Waals surface area contributed by atoms with Gasteiger partial charge in [-0.15, -0.1) is 11.3 Å². The number of benzene rings is 2. The number of thiazole rings is 1. The van der Waals surface area contributed by atoms with Gasteiger partial charge in [-0.25, -0.2) is 4.98 Å². The van der Waals surface area contributed by atoms with E-state index in [1.807, 2.05) is 29.6 Å². The van der Waals surface area contributed by atoms with Crippen molar-refractivity contribution in [2.24, 2.45) is 0 Å². The van der Waals surface area contributed by atoms with Crippen molar-refractivity contribution < 1.29 is 19.0 Å². The standard InChI is InChI=1S/C22H17N3O4S/c1-13(26)17-7-20-21(29-12-28-20)8-18(17)24-10-15(9-23)22-25-19(11-30-22)14-3-5-16(27-2)6-4-14/h3-8,10-11,24H,12H2,1-2H3. The van der Waals surface area contributed by atoms with Crippen LogP contribution in [-0.4, -0.2) is 24.7 Å². The number of ketones is 1. The van der Waals surface area contributed by atoms with Crippen molar-refractivity contribution >= 4 is 28.4 Å². The van der Waals surface area contributed by atoms with Gasteiger partial charge in [0, 0.05) is 28.8 Å². The van der Waals surface area contributed by atoms with Gasteiger partial charge in [-0.1, -0.05) is 0 Å². The molecule has 4 rings (SSSR count). The number of nitriles is 1. The van der Waals surface area contributed by atoms with Crippen LogP contribution in [0, 0.1) is 11.3 Å². The second-order valence-corrected chi connectivity index (χ2v) is 7.25. The third-order valence-corrected chi connectivity index (χ3v) is 5.38. The monoisotopic (exact) mass is 419 g/mol. The lowest BCUT2D eigenvalue weighted by Crippen LogP contribution is -2.00. The minimum absolute atomic E-state index is 0.114. The van der Waals surface area contributed by atoms with E-state index in [-0.39, 0.29) is 12.6 Å². The van der Waals surface area contributed by atoms with Gasteiger partial charge in [-0.3, -0.25) is 4.79 Å². The number of Topliss-reactive ketones (excluding diaryl/α,β-unsaturated/α-hetero) is 1. The number of carbonyl (C=O) groups is 1.